The molecule has 2 nitrogen and oxygen atoms in total. The highest BCUT2D eigenvalue weighted by atomic mass is 32.2. The third-order valence-electron chi connectivity index (χ3n) is 2.03. The Bertz CT molecular complexity index is 392. The van der Waals surface area contributed by atoms with Crippen LogP contribution < -0.4 is 5.32 Å². The molecule has 2 rings (SSSR count). The van der Waals surface area contributed by atoms with Gasteiger partial charge in [0, 0.05) is 12.3 Å². The van der Waals surface area contributed by atoms with Gasteiger partial charge in [-0.2, -0.15) is 0 Å². The number of nitrogens with zero attached hydrogens (tertiary/aromatic N) is 1. The number of aromatic nitrogens is 1. The van der Waals surface area contributed by atoms with Crippen molar-refractivity contribution in [2.24, 2.45) is 0 Å². The molecule has 1 N–H and O–H groups in total. The van der Waals surface area contributed by atoms with E-state index in [-0.39, 0.29) is 0 Å². The van der Waals surface area contributed by atoms with E-state index in [9.17, 15) is 0 Å². The van der Waals surface area contributed by atoms with E-state index in [0.717, 1.165) is 24.4 Å². The number of benzene rings is 1. The number of rotatable bonds is 5. The van der Waals surface area contributed by atoms with Gasteiger partial charge in [-0.25, -0.2) is 4.98 Å². The van der Waals surface area contributed by atoms with Crippen LogP contribution in [0.4, 0.5) is 0 Å². The lowest BCUT2D eigenvalue weighted by molar-refractivity contribution is 0.768. The van der Waals surface area contributed by atoms with Crippen molar-refractivity contribution in [1.29, 1.82) is 0 Å². The first-order valence-electron chi connectivity index (χ1n) is 5.09. The van der Waals surface area contributed by atoms with Gasteiger partial charge >= 0.3 is 0 Å². The fourth-order valence-electron chi connectivity index (χ4n) is 1.30. The molecule has 0 amide bonds. The van der Waals surface area contributed by atoms with Gasteiger partial charge < -0.3 is 5.32 Å². The Morgan fingerprint density at radius 2 is 2.27 bits per heavy atom. The van der Waals surface area contributed by atoms with Gasteiger partial charge in [-0.1, -0.05) is 30.8 Å². The lowest BCUT2D eigenvalue weighted by Crippen LogP contribution is -2.15. The highest BCUT2D eigenvalue weighted by Gasteiger charge is 2.02. The van der Waals surface area contributed by atoms with E-state index in [1.54, 1.807) is 11.3 Å². The van der Waals surface area contributed by atoms with Gasteiger partial charge in [0.15, 0.2) is 4.34 Å². The summed E-state index contributed by atoms with van der Waals surface area (Å²) in [6.45, 7) is 4.22. The number of nitrogens with one attached hydrogen (secondary N) is 1. The molecule has 0 aliphatic carbocycles. The number of fused-ring (bicyclic) bond motifs is 1. The molecule has 0 saturated carbocycles. The summed E-state index contributed by atoms with van der Waals surface area (Å²) in [7, 11) is 0. The van der Waals surface area contributed by atoms with Crippen LogP contribution in [0.25, 0.3) is 10.2 Å². The summed E-state index contributed by atoms with van der Waals surface area (Å²) >= 11 is 3.61. The lowest BCUT2D eigenvalue weighted by atomic mass is 10.3. The van der Waals surface area contributed by atoms with E-state index < -0.39 is 0 Å². The highest BCUT2D eigenvalue weighted by Crippen LogP contribution is 2.28. The predicted molar refractivity (Wildman–Crippen MR) is 68.9 cm³/mol. The van der Waals surface area contributed by atoms with Crippen LogP contribution in [-0.2, 0) is 0 Å². The summed E-state index contributed by atoms with van der Waals surface area (Å²) in [6, 6.07) is 8.30. The molecule has 1 heterocycles. The summed E-state index contributed by atoms with van der Waals surface area (Å²) in [6.07, 6.45) is 0. The molecule has 0 fully saturated rings. The van der Waals surface area contributed by atoms with Crippen molar-refractivity contribution >= 4 is 33.3 Å². The third-order valence-corrected chi connectivity index (χ3v) is 4.21. The zero-order valence-corrected chi connectivity index (χ0v) is 10.3. The fourth-order valence-corrected chi connectivity index (χ4v) is 3.34. The Kier molecular flexibility index (Phi) is 4.00. The normalized spacial score (nSPS) is 11.0. The monoisotopic (exact) mass is 238 g/mol. The number of hydrogen-bond acceptors (Lipinski definition) is 4. The molecule has 0 aliphatic heterocycles. The standard InChI is InChI=1S/C11H14N2S2/c1-2-12-7-8-14-11-13-9-5-3-4-6-10(9)15-11/h3-6,12H,2,7-8H2,1H3. The van der Waals surface area contributed by atoms with Crippen LogP contribution in [-0.4, -0.2) is 23.8 Å². The number of thioether (sulfide) groups is 1. The molecule has 4 heteroatoms. The first-order valence-corrected chi connectivity index (χ1v) is 6.89. The zero-order valence-electron chi connectivity index (χ0n) is 8.69. The van der Waals surface area contributed by atoms with Gasteiger partial charge in [0.2, 0.25) is 0 Å². The average Bonchev–Trinajstić information content (AvgIpc) is 2.67. The molecule has 0 atom stereocenters. The van der Waals surface area contributed by atoms with Crippen LogP contribution in [0.3, 0.4) is 0 Å². The molecular formula is C11H14N2S2. The molecule has 0 aliphatic rings. The molecule has 0 saturated heterocycles. The van der Waals surface area contributed by atoms with Gasteiger partial charge in [-0.3, -0.25) is 0 Å². The molecule has 0 unspecified atom stereocenters. The van der Waals surface area contributed by atoms with Crippen molar-refractivity contribution in [3.8, 4) is 0 Å². The van der Waals surface area contributed by atoms with Gasteiger partial charge in [0.1, 0.15) is 0 Å². The van der Waals surface area contributed by atoms with Gasteiger partial charge in [-0.15, -0.1) is 11.3 Å². The SMILES string of the molecule is CCNCCSc1nc2ccccc2s1. The Labute approximate surface area is 98.1 Å². The van der Waals surface area contributed by atoms with E-state index in [4.69, 9.17) is 0 Å². The van der Waals surface area contributed by atoms with Crippen LogP contribution in [0.15, 0.2) is 28.6 Å². The predicted octanol–water partition coefficient (Wildman–Crippen LogP) is 3.00. The Morgan fingerprint density at radius 1 is 1.40 bits per heavy atom. The molecule has 1 aromatic heterocycles. The summed E-state index contributed by atoms with van der Waals surface area (Å²) < 4.78 is 2.46. The summed E-state index contributed by atoms with van der Waals surface area (Å²) in [4.78, 5) is 4.56. The van der Waals surface area contributed by atoms with Gasteiger partial charge in [-0.05, 0) is 18.7 Å². The maximum Gasteiger partial charge on any atom is 0.151 e. The quantitative estimate of drug-likeness (QED) is 0.640. The smallest absolute Gasteiger partial charge is 0.151 e. The van der Waals surface area contributed by atoms with Crippen molar-refractivity contribution in [2.75, 3.05) is 18.8 Å². The van der Waals surface area contributed by atoms with Crippen LogP contribution in [0.1, 0.15) is 6.92 Å². The van der Waals surface area contributed by atoms with Crippen molar-refractivity contribution in [3.05, 3.63) is 24.3 Å². The van der Waals surface area contributed by atoms with Gasteiger partial charge in [0.25, 0.3) is 0 Å². The van der Waals surface area contributed by atoms with Crippen LogP contribution in [0, 0.1) is 0 Å². The number of hydrogen-bond donors (Lipinski definition) is 1. The minimum atomic E-state index is 1.04. The van der Waals surface area contributed by atoms with E-state index in [2.05, 4.69) is 35.4 Å². The highest BCUT2D eigenvalue weighted by molar-refractivity contribution is 8.01. The molecule has 15 heavy (non-hydrogen) atoms. The number of para-hydroxylation sites is 1. The molecule has 2 aromatic rings. The summed E-state index contributed by atoms with van der Waals surface area (Å²) in [5.74, 6) is 1.09. The minimum Gasteiger partial charge on any atom is -0.316 e. The molecule has 80 valence electrons. The van der Waals surface area contributed by atoms with Crippen molar-refractivity contribution in [1.82, 2.24) is 10.3 Å². The van der Waals surface area contributed by atoms with Crippen molar-refractivity contribution < 1.29 is 0 Å². The fraction of sp³-hybridized carbons (Fsp3) is 0.364. The maximum atomic E-state index is 4.56. The second-order valence-electron chi connectivity index (χ2n) is 3.15. The summed E-state index contributed by atoms with van der Waals surface area (Å²) in [5.41, 5.74) is 1.12. The number of thiazole rings is 1. The van der Waals surface area contributed by atoms with E-state index in [1.807, 2.05) is 17.8 Å². The van der Waals surface area contributed by atoms with Crippen LogP contribution in [0.2, 0.25) is 0 Å². The average molecular weight is 238 g/mol. The summed E-state index contributed by atoms with van der Waals surface area (Å²) in [5, 5.41) is 3.31. The molecular weight excluding hydrogens is 224 g/mol. The van der Waals surface area contributed by atoms with Crippen LogP contribution in [0.5, 0.6) is 0 Å². The second kappa shape index (κ2) is 5.49. The molecule has 1 aromatic carbocycles. The Balaban J connectivity index is 1.97. The second-order valence-corrected chi connectivity index (χ2v) is 5.52. The van der Waals surface area contributed by atoms with Crippen LogP contribution >= 0.6 is 23.1 Å². The van der Waals surface area contributed by atoms with Crippen molar-refractivity contribution in [2.45, 2.75) is 11.3 Å². The van der Waals surface area contributed by atoms with E-state index in [1.165, 1.54) is 9.04 Å². The minimum absolute atomic E-state index is 1.04. The molecule has 0 spiro atoms. The first-order chi connectivity index (χ1) is 7.40. The molecule has 0 radical (unpaired) electrons. The van der Waals surface area contributed by atoms with Gasteiger partial charge in [0.05, 0.1) is 10.2 Å². The first kappa shape index (κ1) is 10.9. The Hall–Kier alpha value is -0.580. The molecule has 0 bridgehead atoms. The largest absolute Gasteiger partial charge is 0.316 e. The zero-order chi connectivity index (χ0) is 10.5. The van der Waals surface area contributed by atoms with E-state index >= 15 is 0 Å². The maximum absolute atomic E-state index is 4.56. The third kappa shape index (κ3) is 2.93. The van der Waals surface area contributed by atoms with Crippen molar-refractivity contribution in [3.63, 3.8) is 0 Å². The Morgan fingerprint density at radius 3 is 3.07 bits per heavy atom. The lowest BCUT2D eigenvalue weighted by Gasteiger charge is -1.97. The topological polar surface area (TPSA) is 24.9 Å². The van der Waals surface area contributed by atoms with E-state index in [0.29, 0.717) is 0 Å².